The lowest BCUT2D eigenvalue weighted by atomic mass is 10.0. The summed E-state index contributed by atoms with van der Waals surface area (Å²) in [5.74, 6) is 1.40. The summed E-state index contributed by atoms with van der Waals surface area (Å²) in [6.07, 6.45) is 4.15. The van der Waals surface area contributed by atoms with E-state index in [1.165, 1.54) is 6.07 Å². The van der Waals surface area contributed by atoms with E-state index in [2.05, 4.69) is 27.4 Å². The van der Waals surface area contributed by atoms with Crippen LogP contribution in [-0.4, -0.2) is 22.1 Å². The monoisotopic (exact) mass is 436 g/mol. The Morgan fingerprint density at radius 3 is 2.48 bits per heavy atom. The molecule has 0 saturated heterocycles. The minimum absolute atomic E-state index is 0.331. The molecule has 1 N–H and O–H groups in total. The third kappa shape index (κ3) is 4.50. The van der Waals surface area contributed by atoms with Crippen LogP contribution in [-0.2, 0) is 6.42 Å². The second-order valence-electron chi connectivity index (χ2n) is 7.62. The molecule has 0 unspecified atom stereocenters. The Labute approximate surface area is 191 Å². The zero-order valence-electron chi connectivity index (χ0n) is 18.0. The third-order valence-corrected chi connectivity index (χ3v) is 5.36. The van der Waals surface area contributed by atoms with Crippen molar-refractivity contribution in [3.05, 3.63) is 108 Å². The molecular formula is C27H21FN4O. The number of aromatic nitrogens is 3. The molecule has 0 aliphatic heterocycles. The van der Waals surface area contributed by atoms with E-state index in [0.29, 0.717) is 17.2 Å². The van der Waals surface area contributed by atoms with Crippen molar-refractivity contribution < 1.29 is 9.13 Å². The quantitative estimate of drug-likeness (QED) is 0.345. The lowest BCUT2D eigenvalue weighted by Crippen LogP contribution is -2.01. The molecule has 0 fully saturated rings. The van der Waals surface area contributed by atoms with Crippen LogP contribution in [0.3, 0.4) is 0 Å². The average Bonchev–Trinajstić information content (AvgIpc) is 2.85. The molecule has 33 heavy (non-hydrogen) atoms. The highest BCUT2D eigenvalue weighted by atomic mass is 19.1. The van der Waals surface area contributed by atoms with Crippen LogP contribution in [0.25, 0.3) is 22.3 Å². The number of nitrogens with zero attached hydrogens (tertiary/aromatic N) is 3. The van der Waals surface area contributed by atoms with Gasteiger partial charge in [0.15, 0.2) is 5.82 Å². The number of benzene rings is 3. The van der Waals surface area contributed by atoms with Gasteiger partial charge in [0.25, 0.3) is 0 Å². The van der Waals surface area contributed by atoms with Crippen molar-refractivity contribution in [1.29, 1.82) is 0 Å². The minimum Gasteiger partial charge on any atom is -0.497 e. The van der Waals surface area contributed by atoms with E-state index < -0.39 is 0 Å². The SMILES string of the molecule is COc1cccc(Cc2ccc3nc(-c4ccccc4F)nc(Nc4ccncc4)c3c2)c1. The largest absolute Gasteiger partial charge is 0.497 e. The molecular weight excluding hydrogens is 415 g/mol. The molecule has 3 aromatic carbocycles. The smallest absolute Gasteiger partial charge is 0.165 e. The first-order chi connectivity index (χ1) is 16.2. The van der Waals surface area contributed by atoms with E-state index in [1.54, 1.807) is 37.7 Å². The molecule has 0 aliphatic rings. The van der Waals surface area contributed by atoms with Crippen molar-refractivity contribution in [1.82, 2.24) is 15.0 Å². The van der Waals surface area contributed by atoms with E-state index in [-0.39, 0.29) is 5.82 Å². The lowest BCUT2D eigenvalue weighted by Gasteiger charge is -2.13. The van der Waals surface area contributed by atoms with Gasteiger partial charge in [0.2, 0.25) is 0 Å². The Kier molecular flexibility index (Phi) is 5.64. The maximum absolute atomic E-state index is 14.5. The van der Waals surface area contributed by atoms with E-state index in [9.17, 15) is 4.39 Å². The number of methoxy groups -OCH3 is 1. The van der Waals surface area contributed by atoms with Crippen molar-refractivity contribution in [2.75, 3.05) is 12.4 Å². The van der Waals surface area contributed by atoms with Gasteiger partial charge in [-0.2, -0.15) is 0 Å². The Morgan fingerprint density at radius 2 is 1.67 bits per heavy atom. The molecule has 5 rings (SSSR count). The van der Waals surface area contributed by atoms with Gasteiger partial charge in [0, 0.05) is 23.5 Å². The van der Waals surface area contributed by atoms with Crippen LogP contribution in [0.2, 0.25) is 0 Å². The predicted octanol–water partition coefficient (Wildman–Crippen LogP) is 6.17. The second kappa shape index (κ2) is 9.04. The van der Waals surface area contributed by atoms with Crippen LogP contribution in [0.5, 0.6) is 5.75 Å². The number of fused-ring (bicyclic) bond motifs is 1. The van der Waals surface area contributed by atoms with Crippen LogP contribution in [0.1, 0.15) is 11.1 Å². The molecule has 0 saturated carbocycles. The fourth-order valence-corrected chi connectivity index (χ4v) is 3.73. The number of ether oxygens (including phenoxy) is 1. The molecule has 0 aliphatic carbocycles. The number of hydrogen-bond donors (Lipinski definition) is 1. The summed E-state index contributed by atoms with van der Waals surface area (Å²) < 4.78 is 19.8. The predicted molar refractivity (Wildman–Crippen MR) is 128 cm³/mol. The molecule has 6 heteroatoms. The van der Waals surface area contributed by atoms with Crippen molar-refractivity contribution in [3.63, 3.8) is 0 Å². The summed E-state index contributed by atoms with van der Waals surface area (Å²) in [7, 11) is 1.66. The number of pyridine rings is 1. The molecule has 0 amide bonds. The summed E-state index contributed by atoms with van der Waals surface area (Å²) in [6, 6.07) is 24.3. The van der Waals surface area contributed by atoms with Gasteiger partial charge in [-0.05, 0) is 66.1 Å². The topological polar surface area (TPSA) is 59.9 Å². The van der Waals surface area contributed by atoms with Gasteiger partial charge < -0.3 is 10.1 Å². The van der Waals surface area contributed by atoms with Crippen molar-refractivity contribution in [2.24, 2.45) is 0 Å². The van der Waals surface area contributed by atoms with Gasteiger partial charge in [-0.1, -0.05) is 30.3 Å². The van der Waals surface area contributed by atoms with E-state index in [4.69, 9.17) is 9.72 Å². The molecule has 0 radical (unpaired) electrons. The van der Waals surface area contributed by atoms with Gasteiger partial charge in [0.1, 0.15) is 17.4 Å². The summed E-state index contributed by atoms with van der Waals surface area (Å²) in [5, 5.41) is 4.21. The van der Waals surface area contributed by atoms with Crippen LogP contribution < -0.4 is 10.1 Å². The lowest BCUT2D eigenvalue weighted by molar-refractivity contribution is 0.414. The maximum Gasteiger partial charge on any atom is 0.165 e. The van der Waals surface area contributed by atoms with Crippen LogP contribution in [0.4, 0.5) is 15.9 Å². The molecule has 2 heterocycles. The van der Waals surface area contributed by atoms with Gasteiger partial charge in [-0.3, -0.25) is 4.98 Å². The first-order valence-electron chi connectivity index (χ1n) is 10.6. The zero-order chi connectivity index (χ0) is 22.6. The maximum atomic E-state index is 14.5. The first kappa shape index (κ1) is 20.6. The van der Waals surface area contributed by atoms with E-state index in [1.807, 2.05) is 42.5 Å². The van der Waals surface area contributed by atoms with Gasteiger partial charge in [-0.15, -0.1) is 0 Å². The fourth-order valence-electron chi connectivity index (χ4n) is 3.73. The standard InChI is InChI=1S/C27H21FN4O/c1-33-21-6-4-5-18(16-21)15-19-9-10-25-23(17-19)27(30-20-11-13-29-14-12-20)32-26(31-25)22-7-2-3-8-24(22)28/h2-14,16-17H,15H2,1H3,(H,29,30,31,32). The summed E-state index contributed by atoms with van der Waals surface area (Å²) in [6.45, 7) is 0. The normalized spacial score (nSPS) is 10.8. The molecule has 5 aromatic rings. The van der Waals surface area contributed by atoms with Crippen molar-refractivity contribution in [2.45, 2.75) is 6.42 Å². The molecule has 0 bridgehead atoms. The highest BCUT2D eigenvalue weighted by Crippen LogP contribution is 2.30. The molecule has 2 aromatic heterocycles. The number of anilines is 2. The van der Waals surface area contributed by atoms with Crippen molar-refractivity contribution in [3.8, 4) is 17.1 Å². The Morgan fingerprint density at radius 1 is 0.848 bits per heavy atom. The average molecular weight is 436 g/mol. The van der Waals surface area contributed by atoms with Gasteiger partial charge in [0.05, 0.1) is 18.2 Å². The van der Waals surface area contributed by atoms with Crippen LogP contribution in [0.15, 0.2) is 91.3 Å². The second-order valence-corrected chi connectivity index (χ2v) is 7.62. The molecule has 162 valence electrons. The molecule has 5 nitrogen and oxygen atoms in total. The van der Waals surface area contributed by atoms with Crippen LogP contribution >= 0.6 is 0 Å². The third-order valence-electron chi connectivity index (χ3n) is 5.36. The van der Waals surface area contributed by atoms with Crippen LogP contribution in [0, 0.1) is 5.82 Å². The zero-order valence-corrected chi connectivity index (χ0v) is 18.0. The molecule has 0 atom stereocenters. The van der Waals surface area contributed by atoms with Gasteiger partial charge in [-0.25, -0.2) is 14.4 Å². The highest BCUT2D eigenvalue weighted by Gasteiger charge is 2.14. The minimum atomic E-state index is -0.360. The van der Waals surface area contributed by atoms with E-state index in [0.717, 1.165) is 39.9 Å². The highest BCUT2D eigenvalue weighted by molar-refractivity contribution is 5.92. The molecule has 0 spiro atoms. The number of halogens is 1. The summed E-state index contributed by atoms with van der Waals surface area (Å²) >= 11 is 0. The number of hydrogen-bond acceptors (Lipinski definition) is 5. The Bertz CT molecular complexity index is 1420. The Hall–Kier alpha value is -4.32. The van der Waals surface area contributed by atoms with Gasteiger partial charge >= 0.3 is 0 Å². The van der Waals surface area contributed by atoms with E-state index >= 15 is 0 Å². The van der Waals surface area contributed by atoms with Crippen molar-refractivity contribution >= 4 is 22.4 Å². The Balaban J connectivity index is 1.61. The number of nitrogens with one attached hydrogen (secondary N) is 1. The number of rotatable bonds is 6. The summed E-state index contributed by atoms with van der Waals surface area (Å²) in [5.41, 5.74) is 4.17. The first-order valence-corrected chi connectivity index (χ1v) is 10.6. The fraction of sp³-hybridized carbons (Fsp3) is 0.0741. The summed E-state index contributed by atoms with van der Waals surface area (Å²) in [4.78, 5) is 13.4.